The molecule has 0 aliphatic heterocycles. The molecule has 5 heteroatoms. The van der Waals surface area contributed by atoms with Crippen molar-refractivity contribution in [2.24, 2.45) is 0 Å². The molecular weight excluding hydrogens is 238 g/mol. The number of aryl methyl sites for hydroxylation is 1. The van der Waals surface area contributed by atoms with Crippen molar-refractivity contribution in [3.05, 3.63) is 22.4 Å². The van der Waals surface area contributed by atoms with E-state index >= 15 is 0 Å². The van der Waals surface area contributed by atoms with Gasteiger partial charge in [-0.3, -0.25) is 9.59 Å². The molecule has 1 heterocycles. The number of nitrogens with one attached hydrogen (secondary N) is 1. The predicted octanol–water partition coefficient (Wildman–Crippen LogP) is 1.75. The summed E-state index contributed by atoms with van der Waals surface area (Å²) in [6.07, 6.45) is 2.50. The lowest BCUT2D eigenvalue weighted by atomic mass is 10.2. The summed E-state index contributed by atoms with van der Waals surface area (Å²) in [4.78, 5) is 23.5. The lowest BCUT2D eigenvalue weighted by Gasteiger charge is -2.03. The molecule has 1 aromatic rings. The van der Waals surface area contributed by atoms with Crippen molar-refractivity contribution in [3.8, 4) is 0 Å². The summed E-state index contributed by atoms with van der Waals surface area (Å²) < 4.78 is 4.47. The van der Waals surface area contributed by atoms with Gasteiger partial charge in [-0.15, -0.1) is 11.3 Å². The summed E-state index contributed by atoms with van der Waals surface area (Å²) in [5.41, 5.74) is 0. The van der Waals surface area contributed by atoms with Crippen LogP contribution in [0.2, 0.25) is 0 Å². The largest absolute Gasteiger partial charge is 0.469 e. The summed E-state index contributed by atoms with van der Waals surface area (Å²) in [5, 5.41) is 4.73. The van der Waals surface area contributed by atoms with Crippen LogP contribution in [0.1, 0.15) is 24.1 Å². The highest BCUT2D eigenvalue weighted by atomic mass is 32.1. The first kappa shape index (κ1) is 13.7. The Hall–Kier alpha value is -1.36. The van der Waals surface area contributed by atoms with Crippen LogP contribution >= 0.6 is 11.3 Å². The molecule has 1 aromatic heterocycles. The predicted molar refractivity (Wildman–Crippen MR) is 66.9 cm³/mol. The summed E-state index contributed by atoms with van der Waals surface area (Å²) in [6, 6.07) is 4.08. The summed E-state index contributed by atoms with van der Waals surface area (Å²) in [7, 11) is 1.34. The Morgan fingerprint density at radius 1 is 1.41 bits per heavy atom. The Labute approximate surface area is 105 Å². The SMILES string of the molecule is COC(=O)CCNC(=O)CCCc1cccs1. The van der Waals surface area contributed by atoms with E-state index in [4.69, 9.17) is 0 Å². The number of esters is 1. The van der Waals surface area contributed by atoms with Crippen LogP contribution in [0.3, 0.4) is 0 Å². The second-order valence-corrected chi connectivity index (χ2v) is 4.64. The van der Waals surface area contributed by atoms with Gasteiger partial charge in [-0.05, 0) is 24.3 Å². The summed E-state index contributed by atoms with van der Waals surface area (Å²) in [5.74, 6) is -0.311. The molecule has 0 atom stereocenters. The maximum Gasteiger partial charge on any atom is 0.307 e. The Kier molecular flexibility index (Phi) is 6.32. The lowest BCUT2D eigenvalue weighted by Crippen LogP contribution is -2.26. The first-order valence-corrected chi connectivity index (χ1v) is 6.46. The summed E-state index contributed by atoms with van der Waals surface area (Å²) >= 11 is 1.71. The van der Waals surface area contributed by atoms with Crippen LogP contribution in [0.4, 0.5) is 0 Å². The molecule has 0 aliphatic carbocycles. The number of rotatable bonds is 7. The molecule has 94 valence electrons. The standard InChI is InChI=1S/C12H17NO3S/c1-16-12(15)7-8-13-11(14)6-2-4-10-5-3-9-17-10/h3,5,9H,2,4,6-8H2,1H3,(H,13,14). The number of hydrogen-bond acceptors (Lipinski definition) is 4. The van der Waals surface area contributed by atoms with Gasteiger partial charge < -0.3 is 10.1 Å². The molecule has 0 unspecified atom stereocenters. The van der Waals surface area contributed by atoms with Crippen LogP contribution in [-0.2, 0) is 20.7 Å². The number of methoxy groups -OCH3 is 1. The monoisotopic (exact) mass is 255 g/mol. The molecular formula is C12H17NO3S. The fourth-order valence-corrected chi connectivity index (χ4v) is 2.12. The van der Waals surface area contributed by atoms with Gasteiger partial charge in [0.05, 0.1) is 13.5 Å². The van der Waals surface area contributed by atoms with Crippen LogP contribution in [-0.4, -0.2) is 25.5 Å². The number of carbonyl (C=O) groups excluding carboxylic acids is 2. The molecule has 0 aliphatic rings. The van der Waals surface area contributed by atoms with Crippen LogP contribution in [0, 0.1) is 0 Å². The molecule has 1 N–H and O–H groups in total. The Morgan fingerprint density at radius 3 is 2.88 bits per heavy atom. The van der Waals surface area contributed by atoms with E-state index in [1.807, 2.05) is 11.4 Å². The molecule has 0 aromatic carbocycles. The molecule has 0 saturated heterocycles. The van der Waals surface area contributed by atoms with Gasteiger partial charge in [0, 0.05) is 17.8 Å². The zero-order valence-electron chi connectivity index (χ0n) is 9.90. The highest BCUT2D eigenvalue weighted by Crippen LogP contribution is 2.11. The zero-order valence-corrected chi connectivity index (χ0v) is 10.7. The molecule has 0 bridgehead atoms. The van der Waals surface area contributed by atoms with Gasteiger partial charge in [-0.1, -0.05) is 6.07 Å². The van der Waals surface area contributed by atoms with E-state index in [0.717, 1.165) is 12.8 Å². The fraction of sp³-hybridized carbons (Fsp3) is 0.500. The van der Waals surface area contributed by atoms with Gasteiger partial charge in [0.25, 0.3) is 0 Å². The van der Waals surface area contributed by atoms with Crippen molar-refractivity contribution in [3.63, 3.8) is 0 Å². The number of ether oxygens (including phenoxy) is 1. The smallest absolute Gasteiger partial charge is 0.307 e. The quantitative estimate of drug-likeness (QED) is 0.755. The van der Waals surface area contributed by atoms with Crippen LogP contribution in [0.15, 0.2) is 17.5 Å². The second-order valence-electron chi connectivity index (χ2n) is 3.61. The molecule has 1 amide bonds. The van der Waals surface area contributed by atoms with Gasteiger partial charge in [0.1, 0.15) is 0 Å². The average molecular weight is 255 g/mol. The minimum absolute atomic E-state index is 0.00883. The number of carbonyl (C=O) groups is 2. The second kappa shape index (κ2) is 7.84. The molecule has 4 nitrogen and oxygen atoms in total. The summed E-state index contributed by atoms with van der Waals surface area (Å²) in [6.45, 7) is 0.352. The van der Waals surface area contributed by atoms with Gasteiger partial charge >= 0.3 is 5.97 Å². The lowest BCUT2D eigenvalue weighted by molar-refractivity contribution is -0.140. The average Bonchev–Trinajstić information content (AvgIpc) is 2.82. The third kappa shape index (κ3) is 6.06. The zero-order chi connectivity index (χ0) is 12.5. The van der Waals surface area contributed by atoms with Crippen LogP contribution in [0.25, 0.3) is 0 Å². The number of hydrogen-bond donors (Lipinski definition) is 1. The first-order valence-electron chi connectivity index (χ1n) is 5.58. The van der Waals surface area contributed by atoms with Crippen LogP contribution < -0.4 is 5.32 Å². The first-order chi connectivity index (χ1) is 8.22. The molecule has 0 radical (unpaired) electrons. The Bertz CT molecular complexity index is 349. The number of amides is 1. The van der Waals surface area contributed by atoms with E-state index in [-0.39, 0.29) is 18.3 Å². The van der Waals surface area contributed by atoms with Gasteiger partial charge in [-0.2, -0.15) is 0 Å². The van der Waals surface area contributed by atoms with Gasteiger partial charge in [-0.25, -0.2) is 0 Å². The highest BCUT2D eigenvalue weighted by molar-refractivity contribution is 7.09. The van der Waals surface area contributed by atoms with Gasteiger partial charge in [0.15, 0.2) is 0 Å². The van der Waals surface area contributed by atoms with E-state index < -0.39 is 0 Å². The normalized spacial score (nSPS) is 9.94. The molecule has 0 fully saturated rings. The maximum atomic E-state index is 11.4. The minimum atomic E-state index is -0.302. The topological polar surface area (TPSA) is 55.4 Å². The molecule has 0 spiro atoms. The maximum absolute atomic E-state index is 11.4. The van der Waals surface area contributed by atoms with Crippen molar-refractivity contribution < 1.29 is 14.3 Å². The van der Waals surface area contributed by atoms with E-state index in [1.54, 1.807) is 11.3 Å². The molecule has 17 heavy (non-hydrogen) atoms. The van der Waals surface area contributed by atoms with E-state index in [9.17, 15) is 9.59 Å². The van der Waals surface area contributed by atoms with E-state index in [2.05, 4.69) is 16.1 Å². The third-order valence-electron chi connectivity index (χ3n) is 2.29. The third-order valence-corrected chi connectivity index (χ3v) is 3.22. The van der Waals surface area contributed by atoms with Gasteiger partial charge in [0.2, 0.25) is 5.91 Å². The fourth-order valence-electron chi connectivity index (χ4n) is 1.37. The Morgan fingerprint density at radius 2 is 2.24 bits per heavy atom. The van der Waals surface area contributed by atoms with Crippen molar-refractivity contribution in [2.75, 3.05) is 13.7 Å². The molecule has 1 rings (SSSR count). The van der Waals surface area contributed by atoms with Crippen molar-refractivity contribution in [2.45, 2.75) is 25.7 Å². The Balaban J connectivity index is 2.03. The van der Waals surface area contributed by atoms with Crippen molar-refractivity contribution in [1.29, 1.82) is 0 Å². The van der Waals surface area contributed by atoms with E-state index in [0.29, 0.717) is 13.0 Å². The minimum Gasteiger partial charge on any atom is -0.469 e. The highest BCUT2D eigenvalue weighted by Gasteiger charge is 2.04. The molecule has 0 saturated carbocycles. The van der Waals surface area contributed by atoms with Crippen molar-refractivity contribution >= 4 is 23.2 Å². The van der Waals surface area contributed by atoms with Crippen LogP contribution in [0.5, 0.6) is 0 Å². The number of thiophene rings is 1. The van der Waals surface area contributed by atoms with E-state index in [1.165, 1.54) is 12.0 Å². The van der Waals surface area contributed by atoms with Crippen molar-refractivity contribution in [1.82, 2.24) is 5.32 Å².